The van der Waals surface area contributed by atoms with Crippen LogP contribution in [-0.2, 0) is 4.79 Å². The van der Waals surface area contributed by atoms with E-state index in [1.165, 1.54) is 25.7 Å². The maximum atomic E-state index is 11.9. The normalized spacial score (nSPS) is 16.1. The standard InChI is InChI=1S/C14H18BrNO/c1-10-8-12(15)6-7-13(10)16-14(17)9-11-4-2-3-5-11/h6-8,11H,2-5,9H2,1H3,(H,16,17). The van der Waals surface area contributed by atoms with Crippen molar-refractivity contribution in [3.8, 4) is 0 Å². The van der Waals surface area contributed by atoms with Crippen LogP contribution in [0.5, 0.6) is 0 Å². The molecule has 1 saturated carbocycles. The third-order valence-electron chi connectivity index (χ3n) is 3.41. The molecule has 0 aliphatic heterocycles. The van der Waals surface area contributed by atoms with Gasteiger partial charge in [0, 0.05) is 16.6 Å². The van der Waals surface area contributed by atoms with E-state index < -0.39 is 0 Å². The van der Waals surface area contributed by atoms with Crippen LogP contribution in [0.15, 0.2) is 22.7 Å². The zero-order valence-electron chi connectivity index (χ0n) is 10.1. The van der Waals surface area contributed by atoms with Crippen LogP contribution in [0.4, 0.5) is 5.69 Å². The minimum atomic E-state index is 0.155. The highest BCUT2D eigenvalue weighted by atomic mass is 79.9. The molecule has 1 aliphatic carbocycles. The Morgan fingerprint density at radius 2 is 2.12 bits per heavy atom. The van der Waals surface area contributed by atoms with Crippen molar-refractivity contribution in [3.05, 3.63) is 28.2 Å². The van der Waals surface area contributed by atoms with Gasteiger partial charge in [0.25, 0.3) is 0 Å². The molecule has 0 unspecified atom stereocenters. The third-order valence-corrected chi connectivity index (χ3v) is 3.90. The fourth-order valence-electron chi connectivity index (χ4n) is 2.45. The molecule has 0 bridgehead atoms. The summed E-state index contributed by atoms with van der Waals surface area (Å²) in [7, 11) is 0. The number of amides is 1. The second kappa shape index (κ2) is 5.67. The van der Waals surface area contributed by atoms with E-state index in [9.17, 15) is 4.79 Å². The van der Waals surface area contributed by atoms with E-state index in [1.807, 2.05) is 25.1 Å². The van der Waals surface area contributed by atoms with Gasteiger partial charge in [0.05, 0.1) is 0 Å². The molecule has 17 heavy (non-hydrogen) atoms. The molecular formula is C14H18BrNO. The molecular weight excluding hydrogens is 278 g/mol. The summed E-state index contributed by atoms with van der Waals surface area (Å²) >= 11 is 3.42. The van der Waals surface area contributed by atoms with Crippen LogP contribution in [0.2, 0.25) is 0 Å². The fourth-order valence-corrected chi connectivity index (χ4v) is 2.92. The summed E-state index contributed by atoms with van der Waals surface area (Å²) in [6, 6.07) is 5.93. The van der Waals surface area contributed by atoms with Gasteiger partial charge in [0.2, 0.25) is 5.91 Å². The summed E-state index contributed by atoms with van der Waals surface area (Å²) in [5.74, 6) is 0.757. The van der Waals surface area contributed by atoms with Crippen molar-refractivity contribution >= 4 is 27.5 Å². The van der Waals surface area contributed by atoms with Gasteiger partial charge in [0.15, 0.2) is 0 Å². The second-order valence-corrected chi connectivity index (χ2v) is 5.78. The van der Waals surface area contributed by atoms with Crippen LogP contribution in [0.25, 0.3) is 0 Å². The molecule has 0 spiro atoms. The lowest BCUT2D eigenvalue weighted by atomic mass is 10.0. The lowest BCUT2D eigenvalue weighted by Gasteiger charge is -2.11. The predicted molar refractivity (Wildman–Crippen MR) is 74.1 cm³/mol. The second-order valence-electron chi connectivity index (χ2n) is 4.86. The van der Waals surface area contributed by atoms with Crippen LogP contribution in [-0.4, -0.2) is 5.91 Å². The van der Waals surface area contributed by atoms with E-state index in [2.05, 4.69) is 21.2 Å². The summed E-state index contributed by atoms with van der Waals surface area (Å²) in [6.45, 7) is 2.01. The molecule has 0 atom stereocenters. The number of benzene rings is 1. The van der Waals surface area contributed by atoms with E-state index in [4.69, 9.17) is 0 Å². The van der Waals surface area contributed by atoms with E-state index >= 15 is 0 Å². The summed E-state index contributed by atoms with van der Waals surface area (Å²) in [5.41, 5.74) is 2.02. The lowest BCUT2D eigenvalue weighted by molar-refractivity contribution is -0.117. The van der Waals surface area contributed by atoms with Crippen LogP contribution in [0.1, 0.15) is 37.7 Å². The molecule has 1 aliphatic rings. The number of carbonyl (C=O) groups is 1. The summed E-state index contributed by atoms with van der Waals surface area (Å²) in [4.78, 5) is 11.9. The van der Waals surface area contributed by atoms with Crippen molar-refractivity contribution < 1.29 is 4.79 Å². The number of aryl methyl sites for hydroxylation is 1. The molecule has 1 N–H and O–H groups in total. The molecule has 0 radical (unpaired) electrons. The molecule has 2 nitrogen and oxygen atoms in total. The Kier molecular flexibility index (Phi) is 4.21. The first-order chi connectivity index (χ1) is 8.15. The van der Waals surface area contributed by atoms with Gasteiger partial charge >= 0.3 is 0 Å². The summed E-state index contributed by atoms with van der Waals surface area (Å²) < 4.78 is 1.05. The average Bonchev–Trinajstić information content (AvgIpc) is 2.75. The zero-order chi connectivity index (χ0) is 12.3. The fraction of sp³-hybridized carbons (Fsp3) is 0.500. The Labute approximate surface area is 111 Å². The van der Waals surface area contributed by atoms with Gasteiger partial charge < -0.3 is 5.32 Å². The minimum Gasteiger partial charge on any atom is -0.326 e. The maximum absolute atomic E-state index is 11.9. The molecule has 1 aromatic carbocycles. The van der Waals surface area contributed by atoms with Crippen molar-refractivity contribution in [2.45, 2.75) is 39.0 Å². The highest BCUT2D eigenvalue weighted by Crippen LogP contribution is 2.28. The molecule has 2 rings (SSSR count). The van der Waals surface area contributed by atoms with Crippen molar-refractivity contribution in [1.29, 1.82) is 0 Å². The third kappa shape index (κ3) is 3.56. The highest BCUT2D eigenvalue weighted by Gasteiger charge is 2.18. The van der Waals surface area contributed by atoms with Crippen LogP contribution in [0.3, 0.4) is 0 Å². The smallest absolute Gasteiger partial charge is 0.224 e. The first-order valence-electron chi connectivity index (χ1n) is 6.21. The van der Waals surface area contributed by atoms with Crippen molar-refractivity contribution in [2.75, 3.05) is 5.32 Å². The summed E-state index contributed by atoms with van der Waals surface area (Å²) in [6.07, 6.45) is 5.68. The Balaban J connectivity index is 1.93. The molecule has 92 valence electrons. The Morgan fingerprint density at radius 1 is 1.41 bits per heavy atom. The number of carbonyl (C=O) groups excluding carboxylic acids is 1. The number of anilines is 1. The van der Waals surface area contributed by atoms with Gasteiger partial charge in [-0.2, -0.15) is 0 Å². The van der Waals surface area contributed by atoms with Crippen LogP contribution in [0, 0.1) is 12.8 Å². The monoisotopic (exact) mass is 295 g/mol. The van der Waals surface area contributed by atoms with Gasteiger partial charge in [-0.25, -0.2) is 0 Å². The first-order valence-corrected chi connectivity index (χ1v) is 7.00. The SMILES string of the molecule is Cc1cc(Br)ccc1NC(=O)CC1CCCC1. The zero-order valence-corrected chi connectivity index (χ0v) is 11.7. The quantitative estimate of drug-likeness (QED) is 0.886. The Morgan fingerprint density at radius 3 is 2.76 bits per heavy atom. The van der Waals surface area contributed by atoms with Gasteiger partial charge in [-0.1, -0.05) is 28.8 Å². The molecule has 3 heteroatoms. The lowest BCUT2D eigenvalue weighted by Crippen LogP contribution is -2.15. The largest absolute Gasteiger partial charge is 0.326 e. The van der Waals surface area contributed by atoms with E-state index in [1.54, 1.807) is 0 Å². The molecule has 0 aromatic heterocycles. The predicted octanol–water partition coefficient (Wildman–Crippen LogP) is 4.28. The van der Waals surface area contributed by atoms with Gasteiger partial charge in [0.1, 0.15) is 0 Å². The van der Waals surface area contributed by atoms with Crippen LogP contribution < -0.4 is 5.32 Å². The first kappa shape index (κ1) is 12.6. The number of rotatable bonds is 3. The Bertz CT molecular complexity index is 411. The van der Waals surface area contributed by atoms with Gasteiger partial charge in [-0.05, 0) is 49.4 Å². The minimum absolute atomic E-state index is 0.155. The van der Waals surface area contributed by atoms with E-state index in [0.29, 0.717) is 12.3 Å². The van der Waals surface area contributed by atoms with Gasteiger partial charge in [-0.3, -0.25) is 4.79 Å². The van der Waals surface area contributed by atoms with E-state index in [-0.39, 0.29) is 5.91 Å². The highest BCUT2D eigenvalue weighted by molar-refractivity contribution is 9.10. The molecule has 1 amide bonds. The molecule has 1 fully saturated rings. The number of halogens is 1. The Hall–Kier alpha value is -0.830. The van der Waals surface area contributed by atoms with Crippen molar-refractivity contribution in [1.82, 2.24) is 0 Å². The number of hydrogen-bond acceptors (Lipinski definition) is 1. The molecule has 1 aromatic rings. The number of hydrogen-bond donors (Lipinski definition) is 1. The molecule has 0 saturated heterocycles. The van der Waals surface area contributed by atoms with Crippen LogP contribution >= 0.6 is 15.9 Å². The van der Waals surface area contributed by atoms with Gasteiger partial charge in [-0.15, -0.1) is 0 Å². The van der Waals surface area contributed by atoms with Crippen molar-refractivity contribution in [3.63, 3.8) is 0 Å². The molecule has 0 heterocycles. The van der Waals surface area contributed by atoms with Crippen molar-refractivity contribution in [2.24, 2.45) is 5.92 Å². The summed E-state index contributed by atoms with van der Waals surface area (Å²) in [5, 5.41) is 3.00. The van der Waals surface area contributed by atoms with E-state index in [0.717, 1.165) is 15.7 Å². The topological polar surface area (TPSA) is 29.1 Å². The number of nitrogens with one attached hydrogen (secondary N) is 1. The average molecular weight is 296 g/mol. The maximum Gasteiger partial charge on any atom is 0.224 e.